The van der Waals surface area contributed by atoms with Gasteiger partial charge >= 0.3 is 0 Å². The van der Waals surface area contributed by atoms with Gasteiger partial charge in [0.05, 0.1) is 12.8 Å². The number of amides is 3. The van der Waals surface area contributed by atoms with Crippen LogP contribution in [0.15, 0.2) is 58.5 Å². The topological polar surface area (TPSA) is 91.7 Å². The molecule has 1 aliphatic rings. The number of furan rings is 1. The average molecular weight is 480 g/mol. The molecule has 1 fully saturated rings. The zero-order valence-electron chi connectivity index (χ0n) is 19.4. The van der Waals surface area contributed by atoms with Crippen molar-refractivity contribution in [2.45, 2.75) is 51.6 Å². The summed E-state index contributed by atoms with van der Waals surface area (Å²) < 4.78 is 5.12. The number of thiophene rings is 1. The fraction of sp³-hybridized carbons (Fsp3) is 0.346. The second-order valence-electron chi connectivity index (χ2n) is 8.60. The van der Waals surface area contributed by atoms with Gasteiger partial charge in [-0.05, 0) is 73.5 Å². The maximum atomic E-state index is 13.6. The van der Waals surface area contributed by atoms with Crippen molar-refractivity contribution < 1.29 is 18.8 Å². The number of carbonyl (C=O) groups excluding carboxylic acids is 3. The first-order valence-electron chi connectivity index (χ1n) is 11.5. The fourth-order valence-electron chi connectivity index (χ4n) is 4.22. The Bertz CT molecular complexity index is 1140. The smallest absolute Gasteiger partial charge is 0.287 e. The number of benzene rings is 1. The number of carbonyl (C=O) groups is 3. The number of anilines is 1. The predicted octanol–water partition coefficient (Wildman–Crippen LogP) is 4.52. The summed E-state index contributed by atoms with van der Waals surface area (Å²) in [6.45, 7) is 3.70. The van der Waals surface area contributed by atoms with Crippen LogP contribution in [0, 0.1) is 13.8 Å². The summed E-state index contributed by atoms with van der Waals surface area (Å²) in [6.07, 6.45) is 5.47. The molecule has 0 bridgehead atoms. The van der Waals surface area contributed by atoms with E-state index in [4.69, 9.17) is 4.42 Å². The van der Waals surface area contributed by atoms with Gasteiger partial charge in [-0.25, -0.2) is 0 Å². The summed E-state index contributed by atoms with van der Waals surface area (Å²) in [6, 6.07) is 11.9. The molecule has 1 saturated carbocycles. The van der Waals surface area contributed by atoms with E-state index in [0.29, 0.717) is 5.69 Å². The summed E-state index contributed by atoms with van der Waals surface area (Å²) in [5.74, 6) is -0.956. The molecule has 2 N–H and O–H groups in total. The van der Waals surface area contributed by atoms with Gasteiger partial charge in [-0.3, -0.25) is 19.3 Å². The Labute approximate surface area is 203 Å². The Hall–Kier alpha value is -3.39. The minimum atomic E-state index is -0.837. The van der Waals surface area contributed by atoms with Crippen LogP contribution < -0.4 is 15.5 Å². The summed E-state index contributed by atoms with van der Waals surface area (Å²) in [4.78, 5) is 41.8. The third kappa shape index (κ3) is 5.39. The normalized spacial score (nSPS) is 14.5. The third-order valence-electron chi connectivity index (χ3n) is 6.20. The molecule has 0 radical (unpaired) electrons. The minimum Gasteiger partial charge on any atom is -0.459 e. The molecule has 0 spiro atoms. The Balaban J connectivity index is 1.66. The molecule has 3 aromatic rings. The van der Waals surface area contributed by atoms with Crippen molar-refractivity contribution in [3.63, 3.8) is 0 Å². The zero-order valence-corrected chi connectivity index (χ0v) is 20.2. The van der Waals surface area contributed by atoms with Crippen molar-refractivity contribution in [2.24, 2.45) is 0 Å². The average Bonchev–Trinajstić information content (AvgIpc) is 3.61. The fourth-order valence-corrected chi connectivity index (χ4v) is 5.03. The highest BCUT2D eigenvalue weighted by molar-refractivity contribution is 7.10. The van der Waals surface area contributed by atoms with Crippen molar-refractivity contribution in [1.29, 1.82) is 0 Å². The standard InChI is InChI=1S/C26H29N3O4S/c1-17-11-12-20(15-18(17)2)29(23(30)16-27-25(31)21-9-5-13-33-21)24(22-10-6-14-34-22)26(32)28-19-7-3-4-8-19/h5-6,9-15,19,24H,3-4,7-8,16H2,1-2H3,(H,27,31)(H,28,32)/t24-/m1/s1. The van der Waals surface area contributed by atoms with E-state index >= 15 is 0 Å². The first-order chi connectivity index (χ1) is 16.4. The highest BCUT2D eigenvalue weighted by Crippen LogP contribution is 2.32. The van der Waals surface area contributed by atoms with Crippen molar-refractivity contribution in [2.75, 3.05) is 11.4 Å². The van der Waals surface area contributed by atoms with Crippen molar-refractivity contribution in [3.8, 4) is 0 Å². The Morgan fingerprint density at radius 2 is 1.88 bits per heavy atom. The molecule has 0 unspecified atom stereocenters. The van der Waals surface area contributed by atoms with E-state index < -0.39 is 11.9 Å². The predicted molar refractivity (Wildman–Crippen MR) is 132 cm³/mol. The van der Waals surface area contributed by atoms with Crippen LogP contribution in [0.4, 0.5) is 5.69 Å². The number of hydrogen-bond donors (Lipinski definition) is 2. The van der Waals surface area contributed by atoms with Gasteiger partial charge in [0.1, 0.15) is 6.04 Å². The van der Waals surface area contributed by atoms with Crippen LogP contribution in [-0.4, -0.2) is 30.3 Å². The number of rotatable bonds is 8. The molecule has 8 heteroatoms. The molecule has 1 aromatic carbocycles. The monoisotopic (exact) mass is 479 g/mol. The van der Waals surface area contributed by atoms with Crippen LogP contribution in [0.2, 0.25) is 0 Å². The van der Waals surface area contributed by atoms with E-state index in [-0.39, 0.29) is 30.2 Å². The third-order valence-corrected chi connectivity index (χ3v) is 7.13. The van der Waals surface area contributed by atoms with Gasteiger partial charge in [-0.15, -0.1) is 11.3 Å². The van der Waals surface area contributed by atoms with Gasteiger partial charge in [0.15, 0.2) is 5.76 Å². The minimum absolute atomic E-state index is 0.116. The lowest BCUT2D eigenvalue weighted by Crippen LogP contribution is -2.49. The van der Waals surface area contributed by atoms with E-state index in [1.807, 2.05) is 49.6 Å². The van der Waals surface area contributed by atoms with Crippen LogP contribution in [0.3, 0.4) is 0 Å². The van der Waals surface area contributed by atoms with Crippen LogP contribution in [0.1, 0.15) is 58.3 Å². The van der Waals surface area contributed by atoms with Crippen molar-refractivity contribution in [3.05, 3.63) is 75.9 Å². The maximum absolute atomic E-state index is 13.6. The molecule has 3 amide bonds. The van der Waals surface area contributed by atoms with Crippen LogP contribution in [-0.2, 0) is 9.59 Å². The molecule has 4 rings (SSSR count). The Morgan fingerprint density at radius 1 is 1.09 bits per heavy atom. The van der Waals surface area contributed by atoms with Gasteiger partial charge in [-0.1, -0.05) is 25.0 Å². The molecule has 1 aliphatic carbocycles. The molecular formula is C26H29N3O4S. The molecule has 178 valence electrons. The van der Waals surface area contributed by atoms with E-state index in [9.17, 15) is 14.4 Å². The first-order valence-corrected chi connectivity index (χ1v) is 12.4. The van der Waals surface area contributed by atoms with Gasteiger partial charge in [0.2, 0.25) is 11.8 Å². The van der Waals surface area contributed by atoms with Crippen molar-refractivity contribution in [1.82, 2.24) is 10.6 Å². The summed E-state index contributed by atoms with van der Waals surface area (Å²) in [7, 11) is 0. The van der Waals surface area contributed by atoms with Crippen LogP contribution in [0.5, 0.6) is 0 Å². The van der Waals surface area contributed by atoms with Gasteiger partial charge in [-0.2, -0.15) is 0 Å². The van der Waals surface area contributed by atoms with Gasteiger partial charge < -0.3 is 15.1 Å². The molecule has 2 heterocycles. The van der Waals surface area contributed by atoms with Gasteiger partial charge in [0.25, 0.3) is 5.91 Å². The molecular weight excluding hydrogens is 450 g/mol. The largest absolute Gasteiger partial charge is 0.459 e. The lowest BCUT2D eigenvalue weighted by molar-refractivity contribution is -0.126. The summed E-state index contributed by atoms with van der Waals surface area (Å²) in [5, 5.41) is 7.67. The SMILES string of the molecule is Cc1ccc(N(C(=O)CNC(=O)c2ccco2)[C@@H](C(=O)NC2CCCC2)c2cccs2)cc1C. The van der Waals surface area contributed by atoms with Crippen LogP contribution in [0.25, 0.3) is 0 Å². The highest BCUT2D eigenvalue weighted by Gasteiger charge is 2.35. The zero-order chi connectivity index (χ0) is 24.1. The van der Waals surface area contributed by atoms with E-state index in [1.165, 1.54) is 28.6 Å². The highest BCUT2D eigenvalue weighted by atomic mass is 32.1. The van der Waals surface area contributed by atoms with E-state index in [2.05, 4.69) is 10.6 Å². The first kappa shape index (κ1) is 23.8. The van der Waals surface area contributed by atoms with E-state index in [1.54, 1.807) is 6.07 Å². The summed E-state index contributed by atoms with van der Waals surface area (Å²) >= 11 is 1.43. The quantitative estimate of drug-likeness (QED) is 0.497. The number of nitrogens with zero attached hydrogens (tertiary/aromatic N) is 1. The van der Waals surface area contributed by atoms with Crippen molar-refractivity contribution >= 4 is 34.7 Å². The number of nitrogens with one attached hydrogen (secondary N) is 2. The second-order valence-corrected chi connectivity index (χ2v) is 9.58. The lowest BCUT2D eigenvalue weighted by atomic mass is 10.1. The Morgan fingerprint density at radius 3 is 2.53 bits per heavy atom. The lowest BCUT2D eigenvalue weighted by Gasteiger charge is -2.32. The Kier molecular flexibility index (Phi) is 7.47. The van der Waals surface area contributed by atoms with Crippen LogP contribution >= 0.6 is 11.3 Å². The molecule has 7 nitrogen and oxygen atoms in total. The van der Waals surface area contributed by atoms with Gasteiger partial charge in [0, 0.05) is 16.6 Å². The molecule has 0 aliphatic heterocycles. The van der Waals surface area contributed by atoms with E-state index in [0.717, 1.165) is 41.7 Å². The maximum Gasteiger partial charge on any atom is 0.287 e. The summed E-state index contributed by atoms with van der Waals surface area (Å²) in [5.41, 5.74) is 2.71. The molecule has 2 aromatic heterocycles. The molecule has 1 atom stereocenters. The molecule has 0 saturated heterocycles. The number of aryl methyl sites for hydroxylation is 2. The number of hydrogen-bond acceptors (Lipinski definition) is 5. The molecule has 34 heavy (non-hydrogen) atoms. The second kappa shape index (κ2) is 10.7.